The van der Waals surface area contributed by atoms with Crippen LogP contribution in [0, 0.1) is 5.41 Å². The lowest BCUT2D eigenvalue weighted by Gasteiger charge is -2.42. The summed E-state index contributed by atoms with van der Waals surface area (Å²) < 4.78 is 2.17. The molecule has 1 amide bonds. The third kappa shape index (κ3) is 2.70. The zero-order chi connectivity index (χ0) is 19.1. The smallest absolute Gasteiger partial charge is 0.272 e. The lowest BCUT2D eigenvalue weighted by atomic mass is 9.62. The van der Waals surface area contributed by atoms with Crippen molar-refractivity contribution in [3.05, 3.63) is 54.2 Å². The fraction of sp³-hybridized carbons (Fsp3) is 0.455. The van der Waals surface area contributed by atoms with E-state index in [1.54, 1.807) is 0 Å². The Balaban J connectivity index is 1.44. The van der Waals surface area contributed by atoms with E-state index < -0.39 is 0 Å². The predicted molar refractivity (Wildman–Crippen MR) is 107 cm³/mol. The minimum atomic E-state index is 0.0288. The molecule has 28 heavy (non-hydrogen) atoms. The molecule has 1 unspecified atom stereocenters. The van der Waals surface area contributed by atoms with E-state index in [-0.39, 0.29) is 17.2 Å². The molecule has 2 aromatic heterocycles. The lowest BCUT2D eigenvalue weighted by molar-refractivity contribution is 0.0718. The van der Waals surface area contributed by atoms with Crippen molar-refractivity contribution in [3.8, 4) is 0 Å². The van der Waals surface area contributed by atoms with Crippen LogP contribution < -0.4 is 0 Å². The largest absolute Gasteiger partial charge is 0.336 e. The molecular weight excluding hydrogens is 350 g/mol. The van der Waals surface area contributed by atoms with Gasteiger partial charge in [-0.2, -0.15) is 0 Å². The molecule has 0 N–H and O–H groups in total. The van der Waals surface area contributed by atoms with Crippen LogP contribution in [0.4, 0.5) is 0 Å². The standard InChI is InChI=1S/C22H25N5O/c1-2-12-26-15-23-25-20(26)17-13-27(14-22(17)10-5-11-22)21(28)19-9-8-16-6-3-4-7-18(16)24-19/h3-4,6-9,15,17H,2,5,10-14H2,1H3. The number of rotatable bonds is 4. The second-order valence-corrected chi connectivity index (χ2v) is 8.23. The number of nitrogens with zero attached hydrogens (tertiary/aromatic N) is 5. The maximum Gasteiger partial charge on any atom is 0.272 e. The third-order valence-corrected chi connectivity index (χ3v) is 6.52. The average Bonchev–Trinajstić information content (AvgIpc) is 3.31. The molecule has 1 aromatic carbocycles. The number of amides is 1. The highest BCUT2D eigenvalue weighted by Gasteiger charge is 2.53. The van der Waals surface area contributed by atoms with E-state index in [9.17, 15) is 4.79 Å². The normalized spacial score (nSPS) is 20.6. The summed E-state index contributed by atoms with van der Waals surface area (Å²) in [6.45, 7) is 4.59. The highest BCUT2D eigenvalue weighted by atomic mass is 16.2. The SMILES string of the molecule is CCCn1cnnc1C1CN(C(=O)c2ccc3ccccc3n2)CC12CCC2. The van der Waals surface area contributed by atoms with E-state index in [0.717, 1.165) is 49.1 Å². The minimum Gasteiger partial charge on any atom is -0.336 e. The molecule has 5 rings (SSSR count). The van der Waals surface area contributed by atoms with Crippen molar-refractivity contribution in [3.63, 3.8) is 0 Å². The van der Waals surface area contributed by atoms with Crippen molar-refractivity contribution < 1.29 is 4.79 Å². The number of benzene rings is 1. The van der Waals surface area contributed by atoms with Gasteiger partial charge >= 0.3 is 0 Å². The molecule has 0 bridgehead atoms. The first kappa shape index (κ1) is 17.3. The van der Waals surface area contributed by atoms with Gasteiger partial charge in [0.2, 0.25) is 0 Å². The monoisotopic (exact) mass is 375 g/mol. The molecule has 1 saturated carbocycles. The van der Waals surface area contributed by atoms with Gasteiger partial charge in [-0.15, -0.1) is 10.2 Å². The van der Waals surface area contributed by atoms with Crippen molar-refractivity contribution in [2.45, 2.75) is 45.1 Å². The second-order valence-electron chi connectivity index (χ2n) is 8.23. The maximum atomic E-state index is 13.3. The molecule has 3 aromatic rings. The van der Waals surface area contributed by atoms with Crippen molar-refractivity contribution >= 4 is 16.8 Å². The molecule has 0 radical (unpaired) electrons. The Labute approximate surface area is 164 Å². The molecule has 1 saturated heterocycles. The van der Waals surface area contributed by atoms with Crippen LogP contribution in [-0.4, -0.2) is 43.6 Å². The Bertz CT molecular complexity index is 1020. The molecule has 1 aliphatic heterocycles. The summed E-state index contributed by atoms with van der Waals surface area (Å²) in [5.74, 6) is 1.34. The number of aromatic nitrogens is 4. The summed E-state index contributed by atoms with van der Waals surface area (Å²) in [5.41, 5.74) is 1.55. The molecule has 1 aliphatic carbocycles. The van der Waals surface area contributed by atoms with Crippen LogP contribution >= 0.6 is 0 Å². The van der Waals surface area contributed by atoms with Crippen LogP contribution in [0.5, 0.6) is 0 Å². The minimum absolute atomic E-state index is 0.0288. The fourth-order valence-electron chi connectivity index (χ4n) is 4.91. The Morgan fingerprint density at radius 1 is 1.21 bits per heavy atom. The van der Waals surface area contributed by atoms with E-state index >= 15 is 0 Å². The van der Waals surface area contributed by atoms with Gasteiger partial charge < -0.3 is 9.47 Å². The number of pyridine rings is 1. The van der Waals surface area contributed by atoms with Crippen LogP contribution in [0.2, 0.25) is 0 Å². The first-order chi connectivity index (χ1) is 13.7. The lowest BCUT2D eigenvalue weighted by Crippen LogP contribution is -2.38. The number of fused-ring (bicyclic) bond motifs is 1. The second kappa shape index (κ2) is 6.69. The Morgan fingerprint density at radius 3 is 2.86 bits per heavy atom. The summed E-state index contributed by atoms with van der Waals surface area (Å²) in [5, 5.41) is 9.69. The molecule has 6 heteroatoms. The maximum absolute atomic E-state index is 13.3. The van der Waals surface area contributed by atoms with Crippen molar-refractivity contribution in [2.24, 2.45) is 5.41 Å². The predicted octanol–water partition coefficient (Wildman–Crippen LogP) is 3.65. The number of aryl methyl sites for hydroxylation is 1. The number of carbonyl (C=O) groups excluding carboxylic acids is 1. The summed E-state index contributed by atoms with van der Waals surface area (Å²) in [7, 11) is 0. The van der Waals surface area contributed by atoms with Crippen LogP contribution in [0.3, 0.4) is 0 Å². The van der Waals surface area contributed by atoms with Crippen LogP contribution in [0.1, 0.15) is 54.8 Å². The van der Waals surface area contributed by atoms with E-state index in [1.807, 2.05) is 47.6 Å². The van der Waals surface area contributed by atoms with Gasteiger partial charge in [0, 0.05) is 30.9 Å². The van der Waals surface area contributed by atoms with Gasteiger partial charge in [0.05, 0.1) is 5.52 Å². The van der Waals surface area contributed by atoms with E-state index in [4.69, 9.17) is 0 Å². The first-order valence-corrected chi connectivity index (χ1v) is 10.2. The summed E-state index contributed by atoms with van der Waals surface area (Å²) in [6.07, 6.45) is 6.43. The van der Waals surface area contributed by atoms with Crippen molar-refractivity contribution in [2.75, 3.05) is 13.1 Å². The number of hydrogen-bond donors (Lipinski definition) is 0. The van der Waals surface area contributed by atoms with Gasteiger partial charge in [-0.25, -0.2) is 4.98 Å². The third-order valence-electron chi connectivity index (χ3n) is 6.52. The van der Waals surface area contributed by atoms with E-state index in [1.165, 1.54) is 6.42 Å². The first-order valence-electron chi connectivity index (χ1n) is 10.2. The van der Waals surface area contributed by atoms with E-state index in [2.05, 4.69) is 26.7 Å². The summed E-state index contributed by atoms with van der Waals surface area (Å²) in [6, 6.07) is 11.8. The summed E-state index contributed by atoms with van der Waals surface area (Å²) in [4.78, 5) is 19.9. The zero-order valence-electron chi connectivity index (χ0n) is 16.2. The van der Waals surface area contributed by atoms with Gasteiger partial charge in [-0.3, -0.25) is 4.79 Å². The molecule has 1 spiro atoms. The van der Waals surface area contributed by atoms with Gasteiger partial charge in [-0.05, 0) is 36.8 Å². The number of hydrogen-bond acceptors (Lipinski definition) is 4. The highest BCUT2D eigenvalue weighted by Crippen LogP contribution is 2.55. The molecular formula is C22H25N5O. The molecule has 2 aliphatic rings. The zero-order valence-corrected chi connectivity index (χ0v) is 16.2. The van der Waals surface area contributed by atoms with Crippen molar-refractivity contribution in [1.82, 2.24) is 24.6 Å². The molecule has 3 heterocycles. The molecule has 1 atom stereocenters. The number of carbonyl (C=O) groups is 1. The van der Waals surface area contributed by atoms with Gasteiger partial charge in [-0.1, -0.05) is 37.6 Å². The number of likely N-dealkylation sites (tertiary alicyclic amines) is 1. The molecule has 2 fully saturated rings. The van der Waals surface area contributed by atoms with Crippen LogP contribution in [0.25, 0.3) is 10.9 Å². The highest BCUT2D eigenvalue weighted by molar-refractivity contribution is 5.95. The Morgan fingerprint density at radius 2 is 2.07 bits per heavy atom. The van der Waals surface area contributed by atoms with Crippen LogP contribution in [0.15, 0.2) is 42.7 Å². The van der Waals surface area contributed by atoms with Crippen LogP contribution in [-0.2, 0) is 6.54 Å². The Hall–Kier alpha value is -2.76. The topological polar surface area (TPSA) is 63.9 Å². The number of para-hydroxylation sites is 1. The molecule has 144 valence electrons. The average molecular weight is 375 g/mol. The Kier molecular flexibility index (Phi) is 4.14. The van der Waals surface area contributed by atoms with Gasteiger partial charge in [0.1, 0.15) is 17.8 Å². The summed E-state index contributed by atoms with van der Waals surface area (Å²) >= 11 is 0. The van der Waals surface area contributed by atoms with Crippen molar-refractivity contribution in [1.29, 1.82) is 0 Å². The van der Waals surface area contributed by atoms with Gasteiger partial charge in [0.25, 0.3) is 5.91 Å². The van der Waals surface area contributed by atoms with E-state index in [0.29, 0.717) is 12.2 Å². The molecule has 6 nitrogen and oxygen atoms in total. The quantitative estimate of drug-likeness (QED) is 0.698. The van der Waals surface area contributed by atoms with Gasteiger partial charge in [0.15, 0.2) is 0 Å². The fourth-order valence-corrected chi connectivity index (χ4v) is 4.91.